The summed E-state index contributed by atoms with van der Waals surface area (Å²) >= 11 is 1.30. The zero-order valence-corrected chi connectivity index (χ0v) is 8.70. The number of carbonyl (C=O) groups is 1. The predicted molar refractivity (Wildman–Crippen MR) is 58.9 cm³/mol. The molecule has 1 heterocycles. The maximum Gasteiger partial charge on any atom is 0.162 e. The van der Waals surface area contributed by atoms with E-state index >= 15 is 0 Å². The first kappa shape index (κ1) is 10.0. The summed E-state index contributed by atoms with van der Waals surface area (Å²) in [6, 6.07) is 9.60. The summed E-state index contributed by atoms with van der Waals surface area (Å²) in [4.78, 5) is 15.4. The van der Waals surface area contributed by atoms with E-state index in [2.05, 4.69) is 4.98 Å². The Morgan fingerprint density at radius 2 is 2.07 bits per heavy atom. The minimum atomic E-state index is -0.197. The lowest BCUT2D eigenvalue weighted by Gasteiger charge is -1.92. The fraction of sp³-hybridized carbons (Fsp3) is 0.0909. The quantitative estimate of drug-likeness (QED) is 0.804. The Morgan fingerprint density at radius 1 is 1.33 bits per heavy atom. The molecule has 0 unspecified atom stereocenters. The minimum Gasteiger partial charge on any atom is -0.390 e. The monoisotopic (exact) mass is 219 g/mol. The van der Waals surface area contributed by atoms with Gasteiger partial charge in [-0.2, -0.15) is 0 Å². The highest BCUT2D eigenvalue weighted by molar-refractivity contribution is 7.16. The van der Waals surface area contributed by atoms with E-state index < -0.39 is 0 Å². The van der Waals surface area contributed by atoms with Gasteiger partial charge in [-0.25, -0.2) is 4.98 Å². The number of carbonyl (C=O) groups excluding carboxylic acids is 1. The zero-order chi connectivity index (χ0) is 10.7. The van der Waals surface area contributed by atoms with Crippen LogP contribution >= 0.6 is 11.3 Å². The first-order valence-electron chi connectivity index (χ1n) is 4.46. The molecule has 0 amide bonds. The summed E-state index contributed by atoms with van der Waals surface area (Å²) in [6.07, 6.45) is 0.732. The van der Waals surface area contributed by atoms with Crippen molar-refractivity contribution >= 4 is 17.6 Å². The van der Waals surface area contributed by atoms with E-state index in [-0.39, 0.29) is 6.61 Å². The summed E-state index contributed by atoms with van der Waals surface area (Å²) in [5, 5.41) is 9.76. The van der Waals surface area contributed by atoms with Gasteiger partial charge in [0.25, 0.3) is 0 Å². The van der Waals surface area contributed by atoms with Crippen LogP contribution in [0.15, 0.2) is 30.3 Å². The molecule has 0 bridgehead atoms. The molecule has 0 aliphatic heterocycles. The second kappa shape index (κ2) is 4.33. The highest BCUT2D eigenvalue weighted by Crippen LogP contribution is 2.26. The molecule has 1 aromatic heterocycles. The largest absolute Gasteiger partial charge is 0.390 e. The van der Waals surface area contributed by atoms with Crippen LogP contribution in [0.4, 0.5) is 0 Å². The number of hydrogen-bond donors (Lipinski definition) is 1. The van der Waals surface area contributed by atoms with Crippen LogP contribution < -0.4 is 0 Å². The third kappa shape index (κ3) is 1.95. The molecular formula is C11H9NO2S. The van der Waals surface area contributed by atoms with E-state index in [9.17, 15) is 4.79 Å². The Labute approximate surface area is 91.0 Å². The van der Waals surface area contributed by atoms with E-state index in [0.717, 1.165) is 16.9 Å². The van der Waals surface area contributed by atoms with Crippen molar-refractivity contribution in [2.75, 3.05) is 0 Å². The van der Waals surface area contributed by atoms with Crippen LogP contribution in [0.3, 0.4) is 0 Å². The summed E-state index contributed by atoms with van der Waals surface area (Å²) in [5.74, 6) is 0. The van der Waals surface area contributed by atoms with Crippen molar-refractivity contribution in [3.63, 3.8) is 0 Å². The number of aliphatic hydroxyl groups excluding tert-OH is 1. The highest BCUT2D eigenvalue weighted by atomic mass is 32.1. The van der Waals surface area contributed by atoms with Gasteiger partial charge < -0.3 is 5.11 Å². The first-order valence-corrected chi connectivity index (χ1v) is 5.28. The summed E-state index contributed by atoms with van der Waals surface area (Å²) in [7, 11) is 0. The predicted octanol–water partition coefficient (Wildman–Crippen LogP) is 2.11. The standard InChI is InChI=1S/C11H9NO2S/c13-6-9-10(7-14)15-11(12-9)8-4-2-1-3-5-8/h1-5,7,13H,6H2. The molecule has 0 atom stereocenters. The molecule has 0 spiro atoms. The van der Waals surface area contributed by atoms with Gasteiger partial charge in [0.05, 0.1) is 17.2 Å². The van der Waals surface area contributed by atoms with Crippen LogP contribution in [0.25, 0.3) is 10.6 Å². The molecule has 0 radical (unpaired) electrons. The van der Waals surface area contributed by atoms with E-state index in [1.54, 1.807) is 0 Å². The van der Waals surface area contributed by atoms with Crippen LogP contribution in [0.5, 0.6) is 0 Å². The molecule has 0 aliphatic rings. The Balaban J connectivity index is 2.46. The lowest BCUT2D eigenvalue weighted by atomic mass is 10.2. The molecule has 0 saturated carbocycles. The molecule has 0 aliphatic carbocycles. The van der Waals surface area contributed by atoms with Crippen LogP contribution in [0.2, 0.25) is 0 Å². The smallest absolute Gasteiger partial charge is 0.162 e. The number of hydrogen-bond acceptors (Lipinski definition) is 4. The number of aliphatic hydroxyl groups is 1. The van der Waals surface area contributed by atoms with Gasteiger partial charge in [-0.05, 0) is 0 Å². The second-order valence-corrected chi connectivity index (χ2v) is 4.00. The zero-order valence-electron chi connectivity index (χ0n) is 7.88. The molecule has 15 heavy (non-hydrogen) atoms. The fourth-order valence-electron chi connectivity index (χ4n) is 1.27. The average molecular weight is 219 g/mol. The SMILES string of the molecule is O=Cc1sc(-c2ccccc2)nc1CO. The van der Waals surface area contributed by atoms with Crippen LogP contribution in [-0.4, -0.2) is 16.4 Å². The number of aromatic nitrogens is 1. The topological polar surface area (TPSA) is 50.2 Å². The van der Waals surface area contributed by atoms with E-state index in [1.165, 1.54) is 11.3 Å². The molecule has 1 aromatic carbocycles. The van der Waals surface area contributed by atoms with Crippen molar-refractivity contribution in [1.82, 2.24) is 4.98 Å². The average Bonchev–Trinajstić information content (AvgIpc) is 2.73. The normalized spacial score (nSPS) is 10.2. The molecule has 76 valence electrons. The van der Waals surface area contributed by atoms with Gasteiger partial charge in [0.1, 0.15) is 5.01 Å². The van der Waals surface area contributed by atoms with Crippen LogP contribution in [0, 0.1) is 0 Å². The van der Waals surface area contributed by atoms with Crippen molar-refractivity contribution in [2.45, 2.75) is 6.61 Å². The summed E-state index contributed by atoms with van der Waals surface area (Å²) in [6.45, 7) is -0.197. The van der Waals surface area contributed by atoms with Crippen LogP contribution in [0.1, 0.15) is 15.4 Å². The Bertz CT molecular complexity index is 465. The molecule has 2 aromatic rings. The Morgan fingerprint density at radius 3 is 2.60 bits per heavy atom. The van der Waals surface area contributed by atoms with Gasteiger partial charge in [0, 0.05) is 5.56 Å². The van der Waals surface area contributed by atoms with Crippen LogP contribution in [-0.2, 0) is 6.61 Å². The highest BCUT2D eigenvalue weighted by Gasteiger charge is 2.10. The number of rotatable bonds is 3. The van der Waals surface area contributed by atoms with Gasteiger partial charge in [-0.1, -0.05) is 30.3 Å². The van der Waals surface area contributed by atoms with Crippen molar-refractivity contribution < 1.29 is 9.90 Å². The molecular weight excluding hydrogens is 210 g/mol. The number of benzene rings is 1. The number of nitrogens with zero attached hydrogens (tertiary/aromatic N) is 1. The fourth-order valence-corrected chi connectivity index (χ4v) is 2.17. The molecule has 2 rings (SSSR count). The third-order valence-electron chi connectivity index (χ3n) is 2.01. The van der Waals surface area contributed by atoms with Crippen molar-refractivity contribution in [3.05, 3.63) is 40.9 Å². The lowest BCUT2D eigenvalue weighted by molar-refractivity contribution is 0.112. The maximum absolute atomic E-state index is 10.7. The molecule has 4 heteroatoms. The summed E-state index contributed by atoms with van der Waals surface area (Å²) in [5.41, 5.74) is 1.42. The number of aldehydes is 1. The summed E-state index contributed by atoms with van der Waals surface area (Å²) < 4.78 is 0. The second-order valence-electron chi connectivity index (χ2n) is 2.97. The van der Waals surface area contributed by atoms with E-state index in [0.29, 0.717) is 10.6 Å². The third-order valence-corrected chi connectivity index (χ3v) is 3.08. The molecule has 1 N–H and O–H groups in total. The van der Waals surface area contributed by atoms with E-state index in [4.69, 9.17) is 5.11 Å². The van der Waals surface area contributed by atoms with E-state index in [1.807, 2.05) is 30.3 Å². The Kier molecular flexibility index (Phi) is 2.89. The van der Waals surface area contributed by atoms with Gasteiger partial charge in [-0.3, -0.25) is 4.79 Å². The van der Waals surface area contributed by atoms with Gasteiger partial charge in [0.2, 0.25) is 0 Å². The minimum absolute atomic E-state index is 0.197. The molecule has 0 fully saturated rings. The van der Waals surface area contributed by atoms with Crippen molar-refractivity contribution in [3.8, 4) is 10.6 Å². The first-order chi connectivity index (χ1) is 7.35. The number of thiazole rings is 1. The van der Waals surface area contributed by atoms with Gasteiger partial charge in [-0.15, -0.1) is 11.3 Å². The van der Waals surface area contributed by atoms with Crippen molar-refractivity contribution in [1.29, 1.82) is 0 Å². The maximum atomic E-state index is 10.7. The molecule has 0 saturated heterocycles. The lowest BCUT2D eigenvalue weighted by Crippen LogP contribution is -1.87. The Hall–Kier alpha value is -1.52. The van der Waals surface area contributed by atoms with Gasteiger partial charge >= 0.3 is 0 Å². The van der Waals surface area contributed by atoms with Gasteiger partial charge in [0.15, 0.2) is 6.29 Å². The molecule has 3 nitrogen and oxygen atoms in total. The van der Waals surface area contributed by atoms with Crippen molar-refractivity contribution in [2.24, 2.45) is 0 Å².